The summed E-state index contributed by atoms with van der Waals surface area (Å²) in [6.45, 7) is 5.79. The van der Waals surface area contributed by atoms with E-state index in [1.165, 1.54) is 11.8 Å². The number of Topliss-reactive ketones (excluding diaryl/α,β-unsaturated/α-hetero) is 1. The monoisotopic (exact) mass is 416 g/mol. The Balaban J connectivity index is 1.76. The molecule has 0 bridgehead atoms. The Hall–Kier alpha value is -1.92. The van der Waals surface area contributed by atoms with Crippen molar-refractivity contribution in [1.82, 2.24) is 10.2 Å². The van der Waals surface area contributed by atoms with Gasteiger partial charge in [-0.1, -0.05) is 51.5 Å². The number of thioether (sulfide) groups is 1. The predicted octanol–water partition coefficient (Wildman–Crippen LogP) is 5.48. The van der Waals surface area contributed by atoms with Gasteiger partial charge in [0, 0.05) is 15.6 Å². The van der Waals surface area contributed by atoms with E-state index in [-0.39, 0.29) is 11.0 Å². The van der Waals surface area contributed by atoms with E-state index in [0.29, 0.717) is 11.1 Å². The number of halogens is 1. The quantitative estimate of drug-likeness (QED) is 0.407. The Bertz CT molecular complexity index is 923. The summed E-state index contributed by atoms with van der Waals surface area (Å²) < 4.78 is 6.64. The van der Waals surface area contributed by atoms with Gasteiger partial charge in [0.15, 0.2) is 5.78 Å². The molecule has 25 heavy (non-hydrogen) atoms. The lowest BCUT2D eigenvalue weighted by molar-refractivity contribution is 0.0993. The Kier molecular flexibility index (Phi) is 5.39. The van der Waals surface area contributed by atoms with Crippen LogP contribution in [-0.2, 0) is 0 Å². The SMILES string of the molecule is Cc1ccc(C)c(C(=O)C(C)Sc2nnc(-c3cccc(Br)c3)o2)c1. The van der Waals surface area contributed by atoms with Gasteiger partial charge in [0.2, 0.25) is 5.89 Å². The average molecular weight is 417 g/mol. The molecule has 1 unspecified atom stereocenters. The van der Waals surface area contributed by atoms with Crippen molar-refractivity contribution in [2.45, 2.75) is 31.2 Å². The number of hydrogen-bond acceptors (Lipinski definition) is 5. The van der Waals surface area contributed by atoms with Crippen LogP contribution < -0.4 is 0 Å². The van der Waals surface area contributed by atoms with E-state index in [2.05, 4.69) is 26.1 Å². The third kappa shape index (κ3) is 4.19. The van der Waals surface area contributed by atoms with Crippen molar-refractivity contribution in [3.63, 3.8) is 0 Å². The van der Waals surface area contributed by atoms with Gasteiger partial charge in [-0.15, -0.1) is 10.2 Å². The molecule has 3 aromatic rings. The summed E-state index contributed by atoms with van der Waals surface area (Å²) in [6, 6.07) is 13.5. The zero-order valence-corrected chi connectivity index (χ0v) is 16.5. The Morgan fingerprint density at radius 3 is 2.72 bits per heavy atom. The van der Waals surface area contributed by atoms with Gasteiger partial charge < -0.3 is 4.42 Å². The van der Waals surface area contributed by atoms with Crippen LogP contribution in [0.15, 0.2) is 56.6 Å². The fourth-order valence-electron chi connectivity index (χ4n) is 2.42. The maximum atomic E-state index is 12.7. The van der Waals surface area contributed by atoms with Crippen LogP contribution in [0.4, 0.5) is 0 Å². The summed E-state index contributed by atoms with van der Waals surface area (Å²) >= 11 is 4.70. The molecule has 0 saturated carbocycles. The molecule has 6 heteroatoms. The van der Waals surface area contributed by atoms with Gasteiger partial charge in [-0.05, 0) is 50.6 Å². The molecule has 128 valence electrons. The number of carbonyl (C=O) groups excluding carboxylic acids is 1. The summed E-state index contributed by atoms with van der Waals surface area (Å²) in [7, 11) is 0. The highest BCUT2D eigenvalue weighted by Crippen LogP contribution is 2.29. The topological polar surface area (TPSA) is 56.0 Å². The molecule has 0 aliphatic rings. The fraction of sp³-hybridized carbons (Fsp3) is 0.211. The minimum Gasteiger partial charge on any atom is -0.411 e. The summed E-state index contributed by atoms with van der Waals surface area (Å²) in [5.41, 5.74) is 3.62. The molecular weight excluding hydrogens is 400 g/mol. The normalized spacial score (nSPS) is 12.2. The minimum absolute atomic E-state index is 0.0633. The predicted molar refractivity (Wildman–Crippen MR) is 103 cm³/mol. The number of ketones is 1. The second-order valence-corrected chi connectivity index (χ2v) is 8.03. The maximum Gasteiger partial charge on any atom is 0.277 e. The Morgan fingerprint density at radius 2 is 1.96 bits per heavy atom. The van der Waals surface area contributed by atoms with Gasteiger partial charge in [0.05, 0.1) is 5.25 Å². The average Bonchev–Trinajstić information content (AvgIpc) is 3.05. The zero-order chi connectivity index (χ0) is 18.0. The highest BCUT2D eigenvalue weighted by molar-refractivity contribution is 9.10. The first-order valence-electron chi connectivity index (χ1n) is 7.81. The van der Waals surface area contributed by atoms with Crippen LogP contribution in [-0.4, -0.2) is 21.2 Å². The smallest absolute Gasteiger partial charge is 0.277 e. The number of carbonyl (C=O) groups is 1. The molecule has 0 saturated heterocycles. The number of rotatable bonds is 5. The molecule has 3 rings (SSSR count). The number of nitrogens with zero attached hydrogens (tertiary/aromatic N) is 2. The standard InChI is InChI=1S/C19H17BrN2O2S/c1-11-7-8-12(2)16(9-11)17(23)13(3)25-19-22-21-18(24-19)14-5-4-6-15(20)10-14/h4-10,13H,1-3H3. The molecule has 0 aliphatic carbocycles. The van der Waals surface area contributed by atoms with Gasteiger partial charge in [-0.2, -0.15) is 0 Å². The van der Waals surface area contributed by atoms with E-state index in [9.17, 15) is 4.79 Å². The molecule has 4 nitrogen and oxygen atoms in total. The van der Waals surface area contributed by atoms with Crippen LogP contribution in [0.2, 0.25) is 0 Å². The number of aromatic nitrogens is 2. The lowest BCUT2D eigenvalue weighted by atomic mass is 10.0. The molecule has 0 amide bonds. The first-order valence-corrected chi connectivity index (χ1v) is 9.49. The van der Waals surface area contributed by atoms with Crippen LogP contribution in [0, 0.1) is 13.8 Å². The summed E-state index contributed by atoms with van der Waals surface area (Å²) in [5.74, 6) is 0.503. The third-order valence-corrected chi connectivity index (χ3v) is 5.21. The summed E-state index contributed by atoms with van der Waals surface area (Å²) in [5, 5.41) is 8.21. The largest absolute Gasteiger partial charge is 0.411 e. The van der Waals surface area contributed by atoms with E-state index in [4.69, 9.17) is 4.42 Å². The van der Waals surface area contributed by atoms with Gasteiger partial charge in [-0.3, -0.25) is 4.79 Å². The van der Waals surface area contributed by atoms with Crippen molar-refractivity contribution in [2.75, 3.05) is 0 Å². The van der Waals surface area contributed by atoms with Crippen LogP contribution in [0.25, 0.3) is 11.5 Å². The van der Waals surface area contributed by atoms with Crippen LogP contribution in [0.1, 0.15) is 28.4 Å². The Labute approximate surface area is 159 Å². The summed E-state index contributed by atoms with van der Waals surface area (Å²) in [6.07, 6.45) is 0. The molecule has 0 aliphatic heterocycles. The van der Waals surface area contributed by atoms with E-state index in [0.717, 1.165) is 26.7 Å². The van der Waals surface area contributed by atoms with E-state index < -0.39 is 0 Å². The van der Waals surface area contributed by atoms with Crippen molar-refractivity contribution < 1.29 is 9.21 Å². The van der Waals surface area contributed by atoms with Crippen molar-refractivity contribution in [3.05, 3.63) is 63.6 Å². The maximum absolute atomic E-state index is 12.7. The third-order valence-electron chi connectivity index (χ3n) is 3.78. The van der Waals surface area contributed by atoms with Crippen LogP contribution >= 0.6 is 27.7 Å². The molecule has 1 heterocycles. The van der Waals surface area contributed by atoms with Crippen molar-refractivity contribution >= 4 is 33.5 Å². The van der Waals surface area contributed by atoms with Crippen LogP contribution in [0.5, 0.6) is 0 Å². The number of hydrogen-bond donors (Lipinski definition) is 0. The van der Waals surface area contributed by atoms with Gasteiger partial charge >= 0.3 is 0 Å². The van der Waals surface area contributed by atoms with Crippen LogP contribution in [0.3, 0.4) is 0 Å². The molecule has 0 spiro atoms. The molecule has 0 N–H and O–H groups in total. The molecule has 1 atom stereocenters. The van der Waals surface area contributed by atoms with E-state index in [1.807, 2.05) is 63.2 Å². The highest BCUT2D eigenvalue weighted by atomic mass is 79.9. The fourth-order valence-corrected chi connectivity index (χ4v) is 3.57. The van der Waals surface area contributed by atoms with Crippen molar-refractivity contribution in [2.24, 2.45) is 0 Å². The summed E-state index contributed by atoms with van der Waals surface area (Å²) in [4.78, 5) is 12.7. The van der Waals surface area contributed by atoms with Crippen molar-refractivity contribution in [1.29, 1.82) is 0 Å². The Morgan fingerprint density at radius 1 is 1.16 bits per heavy atom. The molecular formula is C19H17BrN2O2S. The molecule has 1 aromatic heterocycles. The molecule has 2 aromatic carbocycles. The van der Waals surface area contributed by atoms with Crippen molar-refractivity contribution in [3.8, 4) is 11.5 Å². The lowest BCUT2D eigenvalue weighted by Gasteiger charge is -2.10. The minimum atomic E-state index is -0.309. The zero-order valence-electron chi connectivity index (χ0n) is 14.1. The first kappa shape index (κ1) is 17.9. The molecule has 0 radical (unpaired) electrons. The van der Waals surface area contributed by atoms with Gasteiger partial charge in [0.1, 0.15) is 0 Å². The van der Waals surface area contributed by atoms with E-state index >= 15 is 0 Å². The first-order chi connectivity index (χ1) is 11.9. The number of aryl methyl sites for hydroxylation is 2. The second-order valence-electron chi connectivity index (χ2n) is 5.83. The number of benzene rings is 2. The highest BCUT2D eigenvalue weighted by Gasteiger charge is 2.21. The second kappa shape index (κ2) is 7.54. The molecule has 0 fully saturated rings. The van der Waals surface area contributed by atoms with Gasteiger partial charge in [-0.25, -0.2) is 0 Å². The lowest BCUT2D eigenvalue weighted by Crippen LogP contribution is -2.15. The van der Waals surface area contributed by atoms with E-state index in [1.54, 1.807) is 0 Å². The van der Waals surface area contributed by atoms with Gasteiger partial charge in [0.25, 0.3) is 5.22 Å².